The van der Waals surface area contributed by atoms with Crippen LogP contribution >= 0.6 is 22.6 Å². The van der Waals surface area contributed by atoms with E-state index in [0.29, 0.717) is 5.56 Å². The third kappa shape index (κ3) is 4.68. The molecule has 0 fully saturated rings. The molecule has 1 heterocycles. The summed E-state index contributed by atoms with van der Waals surface area (Å²) in [7, 11) is 0. The summed E-state index contributed by atoms with van der Waals surface area (Å²) in [6, 6.07) is 8.94. The Balaban J connectivity index is 1.87. The lowest BCUT2D eigenvalue weighted by atomic mass is 10.1. The van der Waals surface area contributed by atoms with E-state index in [1.54, 1.807) is 29.0 Å². The Morgan fingerprint density at radius 3 is 2.63 bits per heavy atom. The number of nitrogens with zero attached hydrogens (tertiary/aromatic N) is 2. The van der Waals surface area contributed by atoms with Crippen molar-refractivity contribution in [3.05, 3.63) is 80.9 Å². The molecule has 0 spiro atoms. The third-order valence-electron chi connectivity index (χ3n) is 4.02. The number of rotatable bonds is 4. The highest BCUT2D eigenvalue weighted by atomic mass is 127. The maximum Gasteiger partial charge on any atom is 0.416 e. The zero-order valence-electron chi connectivity index (χ0n) is 14.2. The highest BCUT2D eigenvalue weighted by Crippen LogP contribution is 2.34. The normalized spacial score (nSPS) is 11.4. The summed E-state index contributed by atoms with van der Waals surface area (Å²) in [4.78, 5) is 16.2. The third-order valence-corrected chi connectivity index (χ3v) is 5.18. The Morgan fingerprint density at radius 2 is 2.00 bits per heavy atom. The molecule has 0 bridgehead atoms. The minimum atomic E-state index is -4.53. The van der Waals surface area contributed by atoms with Gasteiger partial charge in [0.25, 0.3) is 5.91 Å². The topological polar surface area (TPSA) is 46.9 Å². The molecule has 1 N–H and O–H groups in total. The molecule has 0 saturated heterocycles. The van der Waals surface area contributed by atoms with Gasteiger partial charge in [-0.3, -0.25) is 4.79 Å². The molecule has 140 valence electrons. The van der Waals surface area contributed by atoms with Gasteiger partial charge >= 0.3 is 6.18 Å². The predicted molar refractivity (Wildman–Crippen MR) is 105 cm³/mol. The quantitative estimate of drug-likeness (QED) is 0.522. The standard InChI is InChI=1S/C19H15F3IN3O/c1-12-2-3-13(8-17(12)23)18(27)25-15-5-4-14(10-26-7-6-24-11-26)16(9-15)19(20,21)22/h2-9,11H,10H2,1H3,(H,25,27). The van der Waals surface area contributed by atoms with Gasteiger partial charge in [0.15, 0.2) is 0 Å². The first-order valence-corrected chi connectivity index (χ1v) is 9.05. The van der Waals surface area contributed by atoms with E-state index in [1.807, 2.05) is 6.92 Å². The van der Waals surface area contributed by atoms with Crippen LogP contribution in [-0.2, 0) is 12.7 Å². The molecular formula is C19H15F3IN3O. The molecule has 0 aliphatic heterocycles. The number of halogens is 4. The average Bonchev–Trinajstić information content (AvgIpc) is 3.10. The molecule has 2 aromatic carbocycles. The molecule has 3 aromatic rings. The molecule has 0 saturated carbocycles. The summed E-state index contributed by atoms with van der Waals surface area (Å²) in [5, 5.41) is 2.54. The second-order valence-corrected chi connectivity index (χ2v) is 7.18. The van der Waals surface area contributed by atoms with Crippen molar-refractivity contribution in [2.75, 3.05) is 5.32 Å². The van der Waals surface area contributed by atoms with Crippen LogP contribution < -0.4 is 5.32 Å². The highest BCUT2D eigenvalue weighted by Gasteiger charge is 2.33. The Morgan fingerprint density at radius 1 is 1.22 bits per heavy atom. The smallest absolute Gasteiger partial charge is 0.333 e. The molecule has 4 nitrogen and oxygen atoms in total. The number of carbonyl (C=O) groups excluding carboxylic acids is 1. The number of alkyl halides is 3. The molecule has 0 unspecified atom stereocenters. The van der Waals surface area contributed by atoms with E-state index in [4.69, 9.17) is 0 Å². The number of benzene rings is 2. The molecule has 8 heteroatoms. The van der Waals surface area contributed by atoms with E-state index < -0.39 is 17.6 Å². The number of hydrogen-bond acceptors (Lipinski definition) is 2. The zero-order chi connectivity index (χ0) is 19.6. The van der Waals surface area contributed by atoms with Crippen molar-refractivity contribution in [2.45, 2.75) is 19.6 Å². The van der Waals surface area contributed by atoms with E-state index in [1.165, 1.54) is 24.7 Å². The van der Waals surface area contributed by atoms with Crippen LogP contribution in [-0.4, -0.2) is 15.5 Å². The van der Waals surface area contributed by atoms with E-state index in [2.05, 4.69) is 32.9 Å². The number of hydrogen-bond donors (Lipinski definition) is 1. The fraction of sp³-hybridized carbons (Fsp3) is 0.158. The predicted octanol–water partition coefficient (Wildman–Crippen LogP) is 5.12. The largest absolute Gasteiger partial charge is 0.416 e. The number of amides is 1. The highest BCUT2D eigenvalue weighted by molar-refractivity contribution is 14.1. The number of carbonyl (C=O) groups is 1. The van der Waals surface area contributed by atoms with Crippen molar-refractivity contribution in [1.29, 1.82) is 0 Å². The molecule has 1 amide bonds. The van der Waals surface area contributed by atoms with Crippen molar-refractivity contribution < 1.29 is 18.0 Å². The maximum atomic E-state index is 13.5. The summed E-state index contributed by atoms with van der Waals surface area (Å²) in [5.74, 6) is -0.455. The zero-order valence-corrected chi connectivity index (χ0v) is 16.4. The van der Waals surface area contributed by atoms with Crippen molar-refractivity contribution in [2.24, 2.45) is 0 Å². The molecule has 0 aliphatic carbocycles. The van der Waals surface area contributed by atoms with Crippen molar-refractivity contribution in [3.63, 3.8) is 0 Å². The van der Waals surface area contributed by atoms with Crippen molar-refractivity contribution >= 4 is 34.2 Å². The van der Waals surface area contributed by atoms with Crippen LogP contribution in [0.25, 0.3) is 0 Å². The maximum absolute atomic E-state index is 13.5. The van der Waals surface area contributed by atoms with Crippen LogP contribution in [0.5, 0.6) is 0 Å². The Labute approximate surface area is 167 Å². The lowest BCUT2D eigenvalue weighted by Crippen LogP contribution is -2.15. The van der Waals surface area contributed by atoms with E-state index in [-0.39, 0.29) is 17.8 Å². The van der Waals surface area contributed by atoms with Crippen molar-refractivity contribution in [3.8, 4) is 0 Å². The Kier molecular flexibility index (Phi) is 5.54. The van der Waals surface area contributed by atoms with Crippen LogP contribution in [0, 0.1) is 10.5 Å². The van der Waals surface area contributed by atoms with Gasteiger partial charge in [0.1, 0.15) is 0 Å². The van der Waals surface area contributed by atoms with Gasteiger partial charge in [-0.05, 0) is 64.9 Å². The molecule has 0 aliphatic rings. The minimum Gasteiger partial charge on any atom is -0.333 e. The molecule has 27 heavy (non-hydrogen) atoms. The van der Waals surface area contributed by atoms with Crippen LogP contribution in [0.2, 0.25) is 0 Å². The SMILES string of the molecule is Cc1ccc(C(=O)Nc2ccc(Cn3ccnc3)c(C(F)(F)F)c2)cc1I. The summed E-state index contributed by atoms with van der Waals surface area (Å²) in [6.07, 6.45) is 0.0182. The monoisotopic (exact) mass is 485 g/mol. The molecule has 1 aromatic heterocycles. The van der Waals surface area contributed by atoms with E-state index in [0.717, 1.165) is 15.2 Å². The Hall–Kier alpha value is -2.36. The van der Waals surface area contributed by atoms with E-state index >= 15 is 0 Å². The lowest BCUT2D eigenvalue weighted by Gasteiger charge is -2.15. The number of nitrogens with one attached hydrogen (secondary N) is 1. The first-order chi connectivity index (χ1) is 12.7. The fourth-order valence-electron chi connectivity index (χ4n) is 2.57. The molecular weight excluding hydrogens is 470 g/mol. The van der Waals surface area contributed by atoms with Gasteiger partial charge in [0.05, 0.1) is 11.9 Å². The van der Waals surface area contributed by atoms with Gasteiger partial charge < -0.3 is 9.88 Å². The summed E-state index contributed by atoms with van der Waals surface area (Å²) < 4.78 is 42.9. The van der Waals surface area contributed by atoms with Gasteiger partial charge in [0.2, 0.25) is 0 Å². The second kappa shape index (κ2) is 7.71. The summed E-state index contributed by atoms with van der Waals surface area (Å²) >= 11 is 2.11. The minimum absolute atomic E-state index is 0.0409. The molecule has 3 rings (SSSR count). The number of anilines is 1. The van der Waals surface area contributed by atoms with Crippen molar-refractivity contribution in [1.82, 2.24) is 9.55 Å². The van der Waals surface area contributed by atoms with E-state index in [9.17, 15) is 18.0 Å². The van der Waals surface area contributed by atoms with Gasteiger partial charge in [0, 0.05) is 33.8 Å². The number of aromatic nitrogens is 2. The van der Waals surface area contributed by atoms with Gasteiger partial charge in [-0.2, -0.15) is 13.2 Å². The van der Waals surface area contributed by atoms with Crippen LogP contribution in [0.1, 0.15) is 27.0 Å². The van der Waals surface area contributed by atoms with Gasteiger partial charge in [-0.1, -0.05) is 12.1 Å². The van der Waals surface area contributed by atoms with Crippen LogP contribution in [0.4, 0.5) is 18.9 Å². The first kappa shape index (κ1) is 19.4. The average molecular weight is 485 g/mol. The Bertz CT molecular complexity index is 969. The molecule has 0 atom stereocenters. The van der Waals surface area contributed by atoms with Crippen LogP contribution in [0.3, 0.4) is 0 Å². The first-order valence-electron chi connectivity index (χ1n) is 7.97. The lowest BCUT2D eigenvalue weighted by molar-refractivity contribution is -0.138. The summed E-state index contributed by atoms with van der Waals surface area (Å²) in [6.45, 7) is 1.96. The second-order valence-electron chi connectivity index (χ2n) is 6.02. The number of imidazole rings is 1. The van der Waals surface area contributed by atoms with Gasteiger partial charge in [-0.25, -0.2) is 4.98 Å². The van der Waals surface area contributed by atoms with Gasteiger partial charge in [-0.15, -0.1) is 0 Å². The molecule has 0 radical (unpaired) electrons. The number of aryl methyl sites for hydroxylation is 1. The summed E-state index contributed by atoms with van der Waals surface area (Å²) in [5.41, 5.74) is 0.824. The fourth-order valence-corrected chi connectivity index (χ4v) is 3.09. The van der Waals surface area contributed by atoms with Crippen LogP contribution in [0.15, 0.2) is 55.1 Å².